The number of likely N-dealkylation sites (N-methyl/N-ethyl adjacent to an activating group) is 1. The van der Waals surface area contributed by atoms with Gasteiger partial charge in [0, 0.05) is 37.9 Å². The highest BCUT2D eigenvalue weighted by molar-refractivity contribution is 5.88. The highest BCUT2D eigenvalue weighted by Crippen LogP contribution is 2.40. The second-order valence-electron chi connectivity index (χ2n) is 6.47. The molecule has 0 spiro atoms. The van der Waals surface area contributed by atoms with E-state index in [0.717, 1.165) is 0 Å². The molecule has 1 saturated heterocycles. The Labute approximate surface area is 143 Å². The fourth-order valence-corrected chi connectivity index (χ4v) is 3.28. The number of anilines is 1. The van der Waals surface area contributed by atoms with Gasteiger partial charge in [0.05, 0.1) is 16.6 Å². The molecular weight excluding hydrogens is 333 g/mol. The first-order valence-electron chi connectivity index (χ1n) is 8.29. The minimum absolute atomic E-state index is 0.0401. The molecule has 0 radical (unpaired) electrons. The molecule has 0 bridgehead atoms. The Kier molecular flexibility index (Phi) is 4.49. The van der Waals surface area contributed by atoms with Crippen molar-refractivity contribution in [3.05, 3.63) is 33.2 Å². The van der Waals surface area contributed by atoms with E-state index in [1.807, 2.05) is 7.05 Å². The van der Waals surface area contributed by atoms with Crippen LogP contribution in [-0.4, -0.2) is 48.1 Å². The Bertz CT molecular complexity index is 852. The molecule has 0 atom stereocenters. The van der Waals surface area contributed by atoms with Crippen molar-refractivity contribution in [2.75, 3.05) is 38.1 Å². The molecule has 1 aliphatic rings. The number of halogens is 3. The molecule has 8 heteroatoms. The number of pyridine rings is 2. The van der Waals surface area contributed by atoms with Crippen LogP contribution in [0.1, 0.15) is 23.9 Å². The van der Waals surface area contributed by atoms with Gasteiger partial charge in [0.25, 0.3) is 0 Å². The maximum atomic E-state index is 13.9. The van der Waals surface area contributed by atoms with Crippen molar-refractivity contribution in [3.63, 3.8) is 0 Å². The fourth-order valence-electron chi connectivity index (χ4n) is 3.28. The number of aromatic amines is 1. The number of rotatable bonds is 2. The standard InChI is InChI=1S/C17H21F3N4O/c1-4-11-13-12(25)9-10(2)21-15(13)14(17(18,19)20)16(22-11)24-7-5-23(3)6-8-24/h9H,4-8H2,1-3H3,(H,21,25). The lowest BCUT2D eigenvalue weighted by Gasteiger charge is -2.35. The molecule has 136 valence electrons. The molecule has 1 aliphatic heterocycles. The van der Waals surface area contributed by atoms with E-state index >= 15 is 0 Å². The molecule has 0 aromatic carbocycles. The average molecular weight is 354 g/mol. The fraction of sp³-hybridized carbons (Fsp3) is 0.529. The van der Waals surface area contributed by atoms with Crippen LogP contribution in [0.5, 0.6) is 0 Å². The van der Waals surface area contributed by atoms with Crippen LogP contribution >= 0.6 is 0 Å². The van der Waals surface area contributed by atoms with Crippen molar-refractivity contribution >= 4 is 16.7 Å². The minimum atomic E-state index is -4.60. The van der Waals surface area contributed by atoms with Crippen LogP contribution in [0, 0.1) is 6.92 Å². The van der Waals surface area contributed by atoms with Gasteiger partial charge in [-0.3, -0.25) is 4.79 Å². The van der Waals surface area contributed by atoms with Crippen LogP contribution in [0.3, 0.4) is 0 Å². The summed E-state index contributed by atoms with van der Waals surface area (Å²) in [6.07, 6.45) is -4.21. The number of alkyl halides is 3. The van der Waals surface area contributed by atoms with Crippen molar-refractivity contribution < 1.29 is 13.2 Å². The second kappa shape index (κ2) is 6.33. The molecule has 5 nitrogen and oxygen atoms in total. The minimum Gasteiger partial charge on any atom is -0.358 e. The van der Waals surface area contributed by atoms with E-state index in [1.165, 1.54) is 6.07 Å². The number of aryl methyl sites for hydroxylation is 2. The zero-order chi connectivity index (χ0) is 18.4. The van der Waals surface area contributed by atoms with Gasteiger partial charge in [-0.15, -0.1) is 0 Å². The molecular formula is C17H21F3N4O. The molecule has 1 N–H and O–H groups in total. The molecule has 0 amide bonds. The number of hydrogen-bond donors (Lipinski definition) is 1. The molecule has 2 aromatic heterocycles. The van der Waals surface area contributed by atoms with E-state index in [0.29, 0.717) is 44.0 Å². The third kappa shape index (κ3) is 3.22. The number of nitrogens with zero attached hydrogens (tertiary/aromatic N) is 3. The summed E-state index contributed by atoms with van der Waals surface area (Å²) in [5.41, 5.74) is -0.617. The third-order valence-electron chi connectivity index (χ3n) is 4.59. The monoisotopic (exact) mass is 354 g/mol. The Morgan fingerprint density at radius 1 is 1.24 bits per heavy atom. The summed E-state index contributed by atoms with van der Waals surface area (Å²) in [5.74, 6) is -0.0776. The number of nitrogens with one attached hydrogen (secondary N) is 1. The van der Waals surface area contributed by atoms with E-state index in [1.54, 1.807) is 18.7 Å². The number of hydrogen-bond acceptors (Lipinski definition) is 4. The molecule has 0 saturated carbocycles. The molecule has 0 aliphatic carbocycles. The average Bonchev–Trinajstić information content (AvgIpc) is 2.52. The zero-order valence-electron chi connectivity index (χ0n) is 14.5. The quantitative estimate of drug-likeness (QED) is 0.901. The Balaban J connectivity index is 2.34. The van der Waals surface area contributed by atoms with Gasteiger partial charge in [-0.2, -0.15) is 13.2 Å². The number of fused-ring (bicyclic) bond motifs is 1. The summed E-state index contributed by atoms with van der Waals surface area (Å²) in [5, 5.41) is 0.0401. The van der Waals surface area contributed by atoms with Gasteiger partial charge < -0.3 is 14.8 Å². The topological polar surface area (TPSA) is 52.2 Å². The summed E-state index contributed by atoms with van der Waals surface area (Å²) >= 11 is 0. The van der Waals surface area contributed by atoms with Gasteiger partial charge in [0.2, 0.25) is 0 Å². The SMILES string of the molecule is CCc1nc(N2CCN(C)CC2)c(C(F)(F)F)c2[nH]c(C)cc(=O)c12. The van der Waals surface area contributed by atoms with Crippen LogP contribution in [-0.2, 0) is 12.6 Å². The van der Waals surface area contributed by atoms with Crippen molar-refractivity contribution in [1.29, 1.82) is 0 Å². The molecule has 3 heterocycles. The second-order valence-corrected chi connectivity index (χ2v) is 6.47. The normalized spacial score (nSPS) is 16.6. The Hall–Kier alpha value is -2.09. The van der Waals surface area contributed by atoms with E-state index in [4.69, 9.17) is 0 Å². The number of piperazine rings is 1. The van der Waals surface area contributed by atoms with Crippen molar-refractivity contribution in [2.45, 2.75) is 26.4 Å². The van der Waals surface area contributed by atoms with Gasteiger partial charge >= 0.3 is 6.18 Å². The smallest absolute Gasteiger partial charge is 0.358 e. The van der Waals surface area contributed by atoms with Crippen LogP contribution in [0.15, 0.2) is 10.9 Å². The molecule has 0 unspecified atom stereocenters. The molecule has 3 rings (SSSR count). The van der Waals surface area contributed by atoms with Crippen LogP contribution in [0.2, 0.25) is 0 Å². The lowest BCUT2D eigenvalue weighted by atomic mass is 10.0. The maximum absolute atomic E-state index is 13.9. The highest BCUT2D eigenvalue weighted by Gasteiger charge is 2.40. The van der Waals surface area contributed by atoms with Crippen LogP contribution < -0.4 is 10.3 Å². The van der Waals surface area contributed by atoms with Gasteiger partial charge in [-0.05, 0) is 20.4 Å². The largest absolute Gasteiger partial charge is 0.421 e. The van der Waals surface area contributed by atoms with E-state index in [-0.39, 0.29) is 16.7 Å². The highest BCUT2D eigenvalue weighted by atomic mass is 19.4. The third-order valence-corrected chi connectivity index (χ3v) is 4.59. The lowest BCUT2D eigenvalue weighted by Crippen LogP contribution is -2.45. The van der Waals surface area contributed by atoms with E-state index < -0.39 is 17.2 Å². The predicted octanol–water partition coefficient (Wildman–Crippen LogP) is 2.56. The summed E-state index contributed by atoms with van der Waals surface area (Å²) in [6.45, 7) is 5.66. The van der Waals surface area contributed by atoms with Crippen molar-refractivity contribution in [2.24, 2.45) is 0 Å². The first-order valence-corrected chi connectivity index (χ1v) is 8.29. The maximum Gasteiger partial charge on any atom is 0.421 e. The Morgan fingerprint density at radius 3 is 2.44 bits per heavy atom. The van der Waals surface area contributed by atoms with Gasteiger partial charge in [-0.1, -0.05) is 6.92 Å². The number of H-pyrrole nitrogens is 1. The summed E-state index contributed by atoms with van der Waals surface area (Å²) < 4.78 is 41.7. The molecule has 1 fully saturated rings. The first-order chi connectivity index (χ1) is 11.7. The van der Waals surface area contributed by atoms with Crippen molar-refractivity contribution in [1.82, 2.24) is 14.9 Å². The lowest BCUT2D eigenvalue weighted by molar-refractivity contribution is -0.136. The zero-order valence-corrected chi connectivity index (χ0v) is 14.5. The Morgan fingerprint density at radius 2 is 1.88 bits per heavy atom. The molecule has 25 heavy (non-hydrogen) atoms. The molecule has 2 aromatic rings. The van der Waals surface area contributed by atoms with Gasteiger partial charge in [-0.25, -0.2) is 4.98 Å². The summed E-state index contributed by atoms with van der Waals surface area (Å²) in [4.78, 5) is 23.1. The predicted molar refractivity (Wildman–Crippen MR) is 91.2 cm³/mol. The van der Waals surface area contributed by atoms with E-state index in [2.05, 4.69) is 14.9 Å². The van der Waals surface area contributed by atoms with E-state index in [9.17, 15) is 18.0 Å². The van der Waals surface area contributed by atoms with Gasteiger partial charge in [0.1, 0.15) is 11.4 Å². The summed E-state index contributed by atoms with van der Waals surface area (Å²) in [6, 6.07) is 1.32. The van der Waals surface area contributed by atoms with Crippen molar-refractivity contribution in [3.8, 4) is 0 Å². The summed E-state index contributed by atoms with van der Waals surface area (Å²) in [7, 11) is 1.94. The van der Waals surface area contributed by atoms with Crippen LogP contribution in [0.25, 0.3) is 10.9 Å². The first kappa shape index (κ1) is 17.7. The number of aromatic nitrogens is 2. The van der Waals surface area contributed by atoms with Gasteiger partial charge in [0.15, 0.2) is 5.43 Å². The van der Waals surface area contributed by atoms with Crippen LogP contribution in [0.4, 0.5) is 19.0 Å².